The van der Waals surface area contributed by atoms with Crippen LogP contribution in [0.4, 0.5) is 0 Å². The van der Waals surface area contributed by atoms with E-state index in [2.05, 4.69) is 10.5 Å². The Bertz CT molecular complexity index is 862. The van der Waals surface area contributed by atoms with Crippen LogP contribution in [0.1, 0.15) is 18.1 Å². The second-order valence-corrected chi connectivity index (χ2v) is 5.31. The average molecular weight is 345 g/mol. The van der Waals surface area contributed by atoms with Gasteiger partial charge in [-0.15, -0.1) is 0 Å². The van der Waals surface area contributed by atoms with Crippen molar-refractivity contribution in [2.75, 3.05) is 6.61 Å². The van der Waals surface area contributed by atoms with Crippen molar-refractivity contribution in [2.24, 2.45) is 5.10 Å². The van der Waals surface area contributed by atoms with Crippen molar-refractivity contribution in [3.8, 4) is 11.8 Å². The van der Waals surface area contributed by atoms with Gasteiger partial charge in [-0.05, 0) is 30.7 Å². The second kappa shape index (κ2) is 10.3. The highest BCUT2D eigenvalue weighted by atomic mass is 16.5. The molecule has 0 fully saturated rings. The highest BCUT2D eigenvalue weighted by Crippen LogP contribution is 2.16. The van der Waals surface area contributed by atoms with Gasteiger partial charge >= 0.3 is 0 Å². The van der Waals surface area contributed by atoms with Crippen molar-refractivity contribution in [2.45, 2.75) is 6.92 Å². The summed E-state index contributed by atoms with van der Waals surface area (Å²) in [5.41, 5.74) is 4.55. The molecule has 130 valence electrons. The predicted octanol–water partition coefficient (Wildman–Crippen LogP) is 3.70. The smallest absolute Gasteiger partial charge is 0.277 e. The van der Waals surface area contributed by atoms with Gasteiger partial charge in [-0.2, -0.15) is 10.4 Å². The standard InChI is InChI=1S/C21H19N3O2/c1-17(9-5-6-12-18-10-3-2-4-11-18)23-24-21(25)16-26-20-14-8-7-13-19(20)15-22/h2-14H,16H2,1H3,(H,24,25)/b9-5+,12-6+,23-17-. The first-order chi connectivity index (χ1) is 12.7. The van der Waals surface area contributed by atoms with Crippen LogP contribution < -0.4 is 10.2 Å². The normalized spacial score (nSPS) is 11.5. The summed E-state index contributed by atoms with van der Waals surface area (Å²) < 4.78 is 5.34. The summed E-state index contributed by atoms with van der Waals surface area (Å²) in [5, 5.41) is 12.9. The number of nitrogens with zero attached hydrogens (tertiary/aromatic N) is 2. The van der Waals surface area contributed by atoms with Crippen LogP contribution in [-0.2, 0) is 4.79 Å². The van der Waals surface area contributed by atoms with Gasteiger partial charge in [0.25, 0.3) is 5.91 Å². The second-order valence-electron chi connectivity index (χ2n) is 5.31. The SMILES string of the molecule is CC(/C=C/C=C/c1ccccc1)=N/NC(=O)COc1ccccc1C#N. The number of nitriles is 1. The summed E-state index contributed by atoms with van der Waals surface area (Å²) in [5.74, 6) is -0.0258. The topological polar surface area (TPSA) is 74.5 Å². The molecule has 0 saturated carbocycles. The van der Waals surface area contributed by atoms with Gasteiger partial charge in [0.05, 0.1) is 11.3 Å². The van der Waals surface area contributed by atoms with Crippen LogP contribution in [0.15, 0.2) is 77.9 Å². The first-order valence-corrected chi connectivity index (χ1v) is 8.04. The fourth-order valence-corrected chi connectivity index (χ4v) is 1.97. The number of hydrogen-bond donors (Lipinski definition) is 1. The third kappa shape index (κ3) is 6.46. The zero-order chi connectivity index (χ0) is 18.6. The zero-order valence-electron chi connectivity index (χ0n) is 14.4. The molecule has 0 aliphatic heterocycles. The number of para-hydroxylation sites is 1. The quantitative estimate of drug-likeness (QED) is 0.472. The van der Waals surface area contributed by atoms with Gasteiger partial charge < -0.3 is 4.74 Å². The molecule has 0 heterocycles. The number of benzene rings is 2. The van der Waals surface area contributed by atoms with Crippen LogP contribution in [-0.4, -0.2) is 18.2 Å². The van der Waals surface area contributed by atoms with E-state index in [1.807, 2.05) is 54.6 Å². The molecule has 2 rings (SSSR count). The lowest BCUT2D eigenvalue weighted by Gasteiger charge is -2.06. The minimum absolute atomic E-state index is 0.215. The molecule has 0 radical (unpaired) electrons. The van der Waals surface area contributed by atoms with Gasteiger partial charge in [-0.3, -0.25) is 4.79 Å². The van der Waals surface area contributed by atoms with E-state index in [1.54, 1.807) is 37.3 Å². The Morgan fingerprint density at radius 1 is 1.15 bits per heavy atom. The number of hydrogen-bond acceptors (Lipinski definition) is 4. The van der Waals surface area contributed by atoms with Gasteiger partial charge in [0.1, 0.15) is 11.8 Å². The number of rotatable bonds is 7. The highest BCUT2D eigenvalue weighted by Gasteiger charge is 2.05. The minimum Gasteiger partial charge on any atom is -0.482 e. The van der Waals surface area contributed by atoms with E-state index in [0.29, 0.717) is 17.0 Å². The summed E-state index contributed by atoms with van der Waals surface area (Å²) in [6.45, 7) is 1.56. The van der Waals surface area contributed by atoms with Gasteiger partial charge in [-0.1, -0.05) is 60.7 Å². The first-order valence-electron chi connectivity index (χ1n) is 8.04. The average Bonchev–Trinajstić information content (AvgIpc) is 2.69. The van der Waals surface area contributed by atoms with Crippen LogP contribution in [0.25, 0.3) is 6.08 Å². The third-order valence-corrected chi connectivity index (χ3v) is 3.26. The minimum atomic E-state index is -0.398. The molecule has 0 aliphatic rings. The molecule has 0 atom stereocenters. The fourth-order valence-electron chi connectivity index (χ4n) is 1.97. The molecule has 1 amide bonds. The summed E-state index contributed by atoms with van der Waals surface area (Å²) in [7, 11) is 0. The van der Waals surface area contributed by atoms with Crippen molar-refractivity contribution >= 4 is 17.7 Å². The monoisotopic (exact) mass is 345 g/mol. The molecule has 26 heavy (non-hydrogen) atoms. The number of ether oxygens (including phenoxy) is 1. The maximum atomic E-state index is 11.8. The molecule has 0 aromatic heterocycles. The Morgan fingerprint density at radius 2 is 1.88 bits per heavy atom. The lowest BCUT2D eigenvalue weighted by molar-refractivity contribution is -0.123. The zero-order valence-corrected chi connectivity index (χ0v) is 14.4. The number of carbonyl (C=O) groups is 1. The molecule has 0 saturated heterocycles. The molecule has 0 bridgehead atoms. The van der Waals surface area contributed by atoms with Crippen LogP contribution in [0.5, 0.6) is 5.75 Å². The Labute approximate surface area is 152 Å². The molecule has 5 heteroatoms. The summed E-state index contributed by atoms with van der Waals surface area (Å²) >= 11 is 0. The van der Waals surface area contributed by atoms with Crippen molar-refractivity contribution < 1.29 is 9.53 Å². The van der Waals surface area contributed by atoms with Crippen LogP contribution >= 0.6 is 0 Å². The maximum absolute atomic E-state index is 11.8. The van der Waals surface area contributed by atoms with E-state index in [0.717, 1.165) is 5.56 Å². The predicted molar refractivity (Wildman–Crippen MR) is 103 cm³/mol. The molecule has 0 aliphatic carbocycles. The number of allylic oxidation sites excluding steroid dienone is 3. The van der Waals surface area contributed by atoms with E-state index in [9.17, 15) is 4.79 Å². The van der Waals surface area contributed by atoms with Crippen molar-refractivity contribution in [3.05, 3.63) is 84.0 Å². The summed E-state index contributed by atoms with van der Waals surface area (Å²) in [6, 6.07) is 18.7. The van der Waals surface area contributed by atoms with Crippen molar-refractivity contribution in [1.29, 1.82) is 5.26 Å². The maximum Gasteiger partial charge on any atom is 0.277 e. The lowest BCUT2D eigenvalue weighted by atomic mass is 10.2. The number of carbonyl (C=O) groups excluding carboxylic acids is 1. The van der Waals surface area contributed by atoms with Gasteiger partial charge in [0, 0.05) is 0 Å². The Balaban J connectivity index is 1.79. The van der Waals surface area contributed by atoms with E-state index < -0.39 is 5.91 Å². The molecular formula is C21H19N3O2. The Kier molecular flexibility index (Phi) is 7.38. The molecular weight excluding hydrogens is 326 g/mol. The van der Waals surface area contributed by atoms with E-state index in [4.69, 9.17) is 10.00 Å². The fraction of sp³-hybridized carbons (Fsp3) is 0.0952. The molecule has 1 N–H and O–H groups in total. The van der Waals surface area contributed by atoms with Crippen molar-refractivity contribution in [1.82, 2.24) is 5.43 Å². The summed E-state index contributed by atoms with van der Waals surface area (Å²) in [6.07, 6.45) is 7.50. The number of hydrazone groups is 1. The van der Waals surface area contributed by atoms with E-state index >= 15 is 0 Å². The van der Waals surface area contributed by atoms with Gasteiger partial charge in [0.2, 0.25) is 0 Å². The number of nitrogens with one attached hydrogen (secondary N) is 1. The largest absolute Gasteiger partial charge is 0.482 e. The molecule has 2 aromatic rings. The number of amides is 1. The molecule has 5 nitrogen and oxygen atoms in total. The Morgan fingerprint density at radius 3 is 2.65 bits per heavy atom. The lowest BCUT2D eigenvalue weighted by Crippen LogP contribution is -2.25. The van der Waals surface area contributed by atoms with Crippen LogP contribution in [0, 0.1) is 11.3 Å². The third-order valence-electron chi connectivity index (χ3n) is 3.26. The van der Waals surface area contributed by atoms with Crippen molar-refractivity contribution in [3.63, 3.8) is 0 Å². The van der Waals surface area contributed by atoms with Crippen LogP contribution in [0.2, 0.25) is 0 Å². The summed E-state index contributed by atoms with van der Waals surface area (Å²) in [4.78, 5) is 11.8. The first kappa shape index (κ1) is 18.7. The van der Waals surface area contributed by atoms with Crippen LogP contribution in [0.3, 0.4) is 0 Å². The van der Waals surface area contributed by atoms with E-state index in [-0.39, 0.29) is 6.61 Å². The van der Waals surface area contributed by atoms with Gasteiger partial charge in [-0.25, -0.2) is 5.43 Å². The van der Waals surface area contributed by atoms with E-state index in [1.165, 1.54) is 0 Å². The highest BCUT2D eigenvalue weighted by molar-refractivity contribution is 5.94. The molecule has 0 unspecified atom stereocenters. The Hall–Kier alpha value is -3.65. The van der Waals surface area contributed by atoms with Gasteiger partial charge in [0.15, 0.2) is 6.61 Å². The molecule has 0 spiro atoms. The molecule has 2 aromatic carbocycles.